The summed E-state index contributed by atoms with van der Waals surface area (Å²) in [7, 11) is 0. The monoisotopic (exact) mass is 231 g/mol. The molecule has 17 heavy (non-hydrogen) atoms. The molecule has 0 radical (unpaired) electrons. The van der Waals surface area contributed by atoms with Crippen LogP contribution in [0.5, 0.6) is 0 Å². The van der Waals surface area contributed by atoms with Crippen molar-refractivity contribution in [3.05, 3.63) is 35.9 Å². The van der Waals surface area contributed by atoms with Crippen LogP contribution in [-0.2, 0) is 9.53 Å². The molecule has 0 aliphatic rings. The lowest BCUT2D eigenvalue weighted by Crippen LogP contribution is -2.19. The third-order valence-electron chi connectivity index (χ3n) is 2.21. The van der Waals surface area contributed by atoms with Crippen LogP contribution >= 0.6 is 0 Å². The number of ether oxygens (including phenoxy) is 1. The van der Waals surface area contributed by atoms with Crippen molar-refractivity contribution in [2.75, 3.05) is 6.61 Å². The molecule has 1 rings (SSSR count). The zero-order chi connectivity index (χ0) is 12.7. The second-order valence-electron chi connectivity index (χ2n) is 3.43. The molecule has 0 amide bonds. The average Bonchev–Trinajstić information content (AvgIpc) is 2.37. The molecule has 0 aromatic heterocycles. The maximum absolute atomic E-state index is 11.8. The largest absolute Gasteiger partial charge is 0.465 e. The molecule has 4 heteroatoms. The number of ketones is 1. The maximum Gasteiger partial charge on any atom is 0.323 e. The first-order valence-electron chi connectivity index (χ1n) is 5.33. The molecule has 4 nitrogen and oxygen atoms in total. The minimum atomic E-state index is -1.03. The summed E-state index contributed by atoms with van der Waals surface area (Å²) < 4.78 is 4.72. The maximum atomic E-state index is 11.8. The van der Waals surface area contributed by atoms with E-state index in [2.05, 4.69) is 0 Å². The van der Waals surface area contributed by atoms with Crippen molar-refractivity contribution in [3.63, 3.8) is 0 Å². The van der Waals surface area contributed by atoms with Crippen molar-refractivity contribution in [2.24, 2.45) is 5.92 Å². The van der Waals surface area contributed by atoms with Crippen LogP contribution in [0.4, 0.5) is 0 Å². The highest BCUT2D eigenvalue weighted by atomic mass is 16.5. The number of Topliss-reactive ketones (excluding diaryl/α,β-unsaturated/α-hetero) is 1. The Morgan fingerprint density at radius 3 is 2.53 bits per heavy atom. The van der Waals surface area contributed by atoms with Gasteiger partial charge in [-0.15, -0.1) is 0 Å². The number of nitrogens with zero attached hydrogens (tertiary/aromatic N) is 1. The molecule has 0 N–H and O–H groups in total. The normalized spacial score (nSPS) is 11.3. The molecule has 1 atom stereocenters. The standard InChI is InChI=1S/C13H13NO3/c1-2-17-13(16)11(9-14)8-12(15)10-6-4-3-5-7-10/h3-7,11H,2,8H2,1H3/t11-/m1/s1. The second kappa shape index (κ2) is 6.44. The van der Waals surface area contributed by atoms with Crippen molar-refractivity contribution in [1.82, 2.24) is 0 Å². The Morgan fingerprint density at radius 1 is 1.35 bits per heavy atom. The molecule has 0 heterocycles. The van der Waals surface area contributed by atoms with Crippen molar-refractivity contribution >= 4 is 11.8 Å². The van der Waals surface area contributed by atoms with E-state index in [-0.39, 0.29) is 18.8 Å². The van der Waals surface area contributed by atoms with E-state index in [0.29, 0.717) is 5.56 Å². The van der Waals surface area contributed by atoms with Crippen LogP contribution in [0.25, 0.3) is 0 Å². The molecule has 0 saturated carbocycles. The number of hydrogen-bond acceptors (Lipinski definition) is 4. The van der Waals surface area contributed by atoms with Crippen molar-refractivity contribution in [2.45, 2.75) is 13.3 Å². The van der Waals surface area contributed by atoms with E-state index >= 15 is 0 Å². The first-order chi connectivity index (χ1) is 8.19. The first-order valence-corrected chi connectivity index (χ1v) is 5.33. The van der Waals surface area contributed by atoms with Crippen LogP contribution in [0.1, 0.15) is 23.7 Å². The third-order valence-corrected chi connectivity index (χ3v) is 2.21. The van der Waals surface area contributed by atoms with Gasteiger partial charge in [0.05, 0.1) is 12.7 Å². The fourth-order valence-corrected chi connectivity index (χ4v) is 1.35. The smallest absolute Gasteiger partial charge is 0.323 e. The highest BCUT2D eigenvalue weighted by Gasteiger charge is 2.23. The Morgan fingerprint density at radius 2 is 2.00 bits per heavy atom. The second-order valence-corrected chi connectivity index (χ2v) is 3.43. The molecule has 0 aliphatic carbocycles. The number of carbonyl (C=O) groups is 2. The van der Waals surface area contributed by atoms with Gasteiger partial charge in [-0.1, -0.05) is 30.3 Å². The minimum absolute atomic E-state index is 0.140. The van der Waals surface area contributed by atoms with E-state index in [1.165, 1.54) is 0 Å². The van der Waals surface area contributed by atoms with Crippen LogP contribution in [0.15, 0.2) is 30.3 Å². The topological polar surface area (TPSA) is 67.2 Å². The summed E-state index contributed by atoms with van der Waals surface area (Å²) in [4.78, 5) is 23.1. The van der Waals surface area contributed by atoms with Gasteiger partial charge in [0.25, 0.3) is 0 Å². The van der Waals surface area contributed by atoms with Gasteiger partial charge in [0, 0.05) is 12.0 Å². The van der Waals surface area contributed by atoms with Crippen molar-refractivity contribution in [1.29, 1.82) is 5.26 Å². The zero-order valence-electron chi connectivity index (χ0n) is 9.55. The lowest BCUT2D eigenvalue weighted by Gasteiger charge is -2.07. The molecule has 0 bridgehead atoms. The van der Waals surface area contributed by atoms with Crippen LogP contribution in [0, 0.1) is 17.2 Å². The summed E-state index contributed by atoms with van der Waals surface area (Å²) >= 11 is 0. The predicted molar refractivity (Wildman–Crippen MR) is 61.1 cm³/mol. The lowest BCUT2D eigenvalue weighted by molar-refractivity contribution is -0.145. The van der Waals surface area contributed by atoms with E-state index in [0.717, 1.165) is 0 Å². The van der Waals surface area contributed by atoms with E-state index in [9.17, 15) is 9.59 Å². The van der Waals surface area contributed by atoms with Crippen LogP contribution in [-0.4, -0.2) is 18.4 Å². The summed E-state index contributed by atoms with van der Waals surface area (Å²) in [5.74, 6) is -1.90. The average molecular weight is 231 g/mol. The van der Waals surface area contributed by atoms with Gasteiger partial charge in [0.2, 0.25) is 0 Å². The predicted octanol–water partition coefficient (Wildman–Crippen LogP) is 1.96. The molecular weight excluding hydrogens is 218 g/mol. The zero-order valence-corrected chi connectivity index (χ0v) is 9.55. The Bertz CT molecular complexity index is 434. The highest BCUT2D eigenvalue weighted by Crippen LogP contribution is 2.11. The Labute approximate surface area is 99.8 Å². The quantitative estimate of drug-likeness (QED) is 0.574. The van der Waals surface area contributed by atoms with E-state index in [1.54, 1.807) is 43.3 Å². The van der Waals surface area contributed by atoms with Crippen LogP contribution < -0.4 is 0 Å². The Kier molecular flexibility index (Phi) is 4.89. The van der Waals surface area contributed by atoms with Gasteiger partial charge in [0.1, 0.15) is 0 Å². The summed E-state index contributed by atoms with van der Waals surface area (Å²) in [6, 6.07) is 10.4. The van der Waals surface area contributed by atoms with Gasteiger partial charge in [-0.25, -0.2) is 0 Å². The molecule has 88 valence electrons. The molecule has 0 aliphatic heterocycles. The summed E-state index contributed by atoms with van der Waals surface area (Å²) in [5.41, 5.74) is 0.497. The van der Waals surface area contributed by atoms with Gasteiger partial charge in [-0.3, -0.25) is 9.59 Å². The van der Waals surface area contributed by atoms with Crippen molar-refractivity contribution in [3.8, 4) is 6.07 Å². The van der Waals surface area contributed by atoms with Gasteiger partial charge in [-0.2, -0.15) is 5.26 Å². The lowest BCUT2D eigenvalue weighted by atomic mass is 9.99. The highest BCUT2D eigenvalue weighted by molar-refractivity contribution is 5.98. The molecule has 1 aromatic rings. The SMILES string of the molecule is CCOC(=O)[C@@H](C#N)CC(=O)c1ccccc1. The number of rotatable bonds is 5. The Balaban J connectivity index is 2.67. The van der Waals surface area contributed by atoms with Crippen LogP contribution in [0.3, 0.4) is 0 Å². The van der Waals surface area contributed by atoms with E-state index in [1.807, 2.05) is 0 Å². The molecule has 0 spiro atoms. The van der Waals surface area contributed by atoms with Gasteiger partial charge in [0.15, 0.2) is 11.7 Å². The first kappa shape index (κ1) is 12.9. The van der Waals surface area contributed by atoms with E-state index in [4.69, 9.17) is 10.00 Å². The number of esters is 1. The minimum Gasteiger partial charge on any atom is -0.465 e. The molecule has 0 fully saturated rings. The van der Waals surface area contributed by atoms with Crippen LogP contribution in [0.2, 0.25) is 0 Å². The van der Waals surface area contributed by atoms with Gasteiger partial charge >= 0.3 is 5.97 Å². The molecule has 0 unspecified atom stereocenters. The third kappa shape index (κ3) is 3.72. The number of carbonyl (C=O) groups excluding carboxylic acids is 2. The number of hydrogen-bond donors (Lipinski definition) is 0. The summed E-state index contributed by atoms with van der Waals surface area (Å²) in [5, 5.41) is 8.82. The fourth-order valence-electron chi connectivity index (χ4n) is 1.35. The van der Waals surface area contributed by atoms with Crippen molar-refractivity contribution < 1.29 is 14.3 Å². The van der Waals surface area contributed by atoms with Gasteiger partial charge in [-0.05, 0) is 6.92 Å². The molecular formula is C13H13NO3. The summed E-state index contributed by atoms with van der Waals surface area (Å²) in [6.45, 7) is 1.86. The Hall–Kier alpha value is -2.15. The molecule has 0 saturated heterocycles. The van der Waals surface area contributed by atoms with E-state index < -0.39 is 11.9 Å². The fraction of sp³-hybridized carbons (Fsp3) is 0.308. The summed E-state index contributed by atoms with van der Waals surface area (Å²) in [6.07, 6.45) is -0.140. The van der Waals surface area contributed by atoms with Gasteiger partial charge < -0.3 is 4.74 Å². The number of nitriles is 1. The molecule has 1 aromatic carbocycles. The number of benzene rings is 1.